The van der Waals surface area contributed by atoms with Crippen LogP contribution in [0.15, 0.2) is 27.7 Å². The van der Waals surface area contributed by atoms with Crippen LogP contribution in [0, 0.1) is 17.2 Å². The van der Waals surface area contributed by atoms with Crippen molar-refractivity contribution in [2.24, 2.45) is 10.9 Å². The number of nitrogens with one attached hydrogen (secondary N) is 1. The number of rotatable bonds is 3. The Morgan fingerprint density at radius 3 is 3.07 bits per heavy atom. The van der Waals surface area contributed by atoms with Crippen LogP contribution in [0.25, 0.3) is 11.0 Å². The van der Waals surface area contributed by atoms with Gasteiger partial charge in [-0.05, 0) is 31.7 Å². The molecule has 1 N–H and O–H groups in total. The van der Waals surface area contributed by atoms with Crippen LogP contribution in [0.1, 0.15) is 32.3 Å². The molecule has 7 nitrogen and oxygen atoms in total. The Morgan fingerprint density at radius 2 is 2.32 bits per heavy atom. The number of halogens is 1. The Labute approximate surface area is 167 Å². The minimum atomic E-state index is -0.256. The summed E-state index contributed by atoms with van der Waals surface area (Å²) in [6.07, 6.45) is 1.59. The number of carbonyl (C=O) groups excluding carboxylic acids is 1. The van der Waals surface area contributed by atoms with Crippen LogP contribution in [0.3, 0.4) is 0 Å². The van der Waals surface area contributed by atoms with Gasteiger partial charge in [0, 0.05) is 18.2 Å². The van der Waals surface area contributed by atoms with Crippen LogP contribution >= 0.6 is 11.6 Å². The first-order valence-corrected chi connectivity index (χ1v) is 9.70. The molecule has 4 rings (SSSR count). The first-order valence-electron chi connectivity index (χ1n) is 9.33. The topological polar surface area (TPSA) is 92.3 Å². The fraction of sp³-hybridized carbons (Fsp3) is 0.400. The molecule has 144 valence electrons. The lowest BCUT2D eigenvalue weighted by atomic mass is 9.92. The number of nitriles is 1. The molecule has 0 radical (unpaired) electrons. The molecule has 0 fully saturated rings. The molecule has 3 heterocycles. The number of amides is 1. The molecule has 1 unspecified atom stereocenters. The number of allylic oxidation sites excluding steroid dienone is 1. The predicted molar refractivity (Wildman–Crippen MR) is 108 cm³/mol. The Balaban J connectivity index is 1.75. The van der Waals surface area contributed by atoms with Crippen LogP contribution in [-0.4, -0.2) is 34.3 Å². The van der Waals surface area contributed by atoms with E-state index in [1.54, 1.807) is 12.1 Å². The van der Waals surface area contributed by atoms with Gasteiger partial charge in [-0.15, -0.1) is 0 Å². The Kier molecular flexibility index (Phi) is 4.82. The second kappa shape index (κ2) is 7.28. The average molecular weight is 398 g/mol. The molecular formula is C20H20ClN5O2. The fourth-order valence-electron chi connectivity index (χ4n) is 3.80. The number of benzene rings is 1. The minimum Gasteiger partial charge on any atom is -0.489 e. The zero-order chi connectivity index (χ0) is 19.8. The van der Waals surface area contributed by atoms with Crippen molar-refractivity contribution in [2.75, 3.05) is 18.5 Å². The second-order valence-corrected chi connectivity index (χ2v) is 7.31. The number of imidazole rings is 1. The fourth-order valence-corrected chi connectivity index (χ4v) is 4.10. The molecule has 1 aromatic carbocycles. The van der Waals surface area contributed by atoms with E-state index < -0.39 is 0 Å². The van der Waals surface area contributed by atoms with Gasteiger partial charge in [0.05, 0.1) is 34.4 Å². The number of aromatic nitrogens is 2. The molecule has 0 spiro atoms. The van der Waals surface area contributed by atoms with E-state index in [2.05, 4.69) is 21.4 Å². The second-order valence-electron chi connectivity index (χ2n) is 6.93. The maximum absolute atomic E-state index is 13.2. The van der Waals surface area contributed by atoms with Crippen molar-refractivity contribution in [2.45, 2.75) is 33.2 Å². The van der Waals surface area contributed by atoms with Gasteiger partial charge in [-0.1, -0.05) is 18.5 Å². The smallest absolute Gasteiger partial charge is 0.255 e. The van der Waals surface area contributed by atoms with E-state index in [9.17, 15) is 10.1 Å². The van der Waals surface area contributed by atoms with E-state index in [-0.39, 0.29) is 11.8 Å². The van der Waals surface area contributed by atoms with Gasteiger partial charge in [0.25, 0.3) is 5.91 Å². The number of carbonyl (C=O) groups is 1. The third-order valence-corrected chi connectivity index (χ3v) is 5.74. The third kappa shape index (κ3) is 3.04. The van der Waals surface area contributed by atoms with Crippen LogP contribution in [0.2, 0.25) is 0 Å². The third-order valence-electron chi connectivity index (χ3n) is 5.26. The lowest BCUT2D eigenvalue weighted by Crippen LogP contribution is -2.25. The Bertz CT molecular complexity index is 1080. The number of anilines is 1. The van der Waals surface area contributed by atoms with Crippen molar-refractivity contribution >= 4 is 40.2 Å². The highest BCUT2D eigenvalue weighted by Gasteiger charge is 2.28. The van der Waals surface area contributed by atoms with Gasteiger partial charge in [0.2, 0.25) is 5.95 Å². The highest BCUT2D eigenvalue weighted by Crippen LogP contribution is 2.34. The number of ether oxygens (including phenoxy) is 1. The highest BCUT2D eigenvalue weighted by atomic mass is 35.5. The summed E-state index contributed by atoms with van der Waals surface area (Å²) >= 11 is 6.51. The van der Waals surface area contributed by atoms with Gasteiger partial charge < -0.3 is 9.30 Å². The molecule has 1 amide bonds. The monoisotopic (exact) mass is 397 g/mol. The van der Waals surface area contributed by atoms with Crippen molar-refractivity contribution < 1.29 is 9.53 Å². The molecule has 2 aromatic rings. The molecule has 0 saturated heterocycles. The van der Waals surface area contributed by atoms with Gasteiger partial charge in [-0.25, -0.2) is 4.98 Å². The molecule has 0 saturated carbocycles. The lowest BCUT2D eigenvalue weighted by Gasteiger charge is -2.20. The zero-order valence-electron chi connectivity index (χ0n) is 15.8. The predicted octanol–water partition coefficient (Wildman–Crippen LogP) is 3.62. The van der Waals surface area contributed by atoms with E-state index in [1.807, 2.05) is 18.4 Å². The molecule has 2 aliphatic rings. The summed E-state index contributed by atoms with van der Waals surface area (Å²) in [6.45, 7) is 5.55. The van der Waals surface area contributed by atoms with Gasteiger partial charge in [0.1, 0.15) is 17.9 Å². The number of hydrogen-bond acceptors (Lipinski definition) is 5. The largest absolute Gasteiger partial charge is 0.489 e. The SMILES string of the molecule is CCC1CCN=C(C)C(Cl)=C1C(=O)Nc1nc2cc(C#N)cc3c2n1CCO3. The summed E-state index contributed by atoms with van der Waals surface area (Å²) in [5.41, 5.74) is 3.12. The average Bonchev–Trinajstić information content (AvgIpc) is 2.97. The molecule has 0 aliphatic carbocycles. The number of hydrogen-bond donors (Lipinski definition) is 1. The number of nitrogens with zero attached hydrogens (tertiary/aromatic N) is 4. The van der Waals surface area contributed by atoms with Crippen molar-refractivity contribution in [3.05, 3.63) is 28.3 Å². The van der Waals surface area contributed by atoms with Gasteiger partial charge in [-0.2, -0.15) is 5.26 Å². The molecular weight excluding hydrogens is 378 g/mol. The van der Waals surface area contributed by atoms with Crippen LogP contribution in [-0.2, 0) is 11.3 Å². The van der Waals surface area contributed by atoms with Crippen molar-refractivity contribution in [1.82, 2.24) is 9.55 Å². The summed E-state index contributed by atoms with van der Waals surface area (Å²) in [5, 5.41) is 12.6. The molecule has 28 heavy (non-hydrogen) atoms. The zero-order valence-corrected chi connectivity index (χ0v) is 16.5. The van der Waals surface area contributed by atoms with E-state index >= 15 is 0 Å². The highest BCUT2D eigenvalue weighted by molar-refractivity contribution is 6.45. The standard InChI is InChI=1S/C20H20ClN5O2/c1-3-13-4-5-23-11(2)17(21)16(13)19(27)25-20-24-14-8-12(10-22)9-15-18(14)26(20)6-7-28-15/h8-9,13H,3-7H2,1-2H3,(H,24,25,27). The molecule has 0 bridgehead atoms. The minimum absolute atomic E-state index is 0.0449. The summed E-state index contributed by atoms with van der Waals surface area (Å²) in [4.78, 5) is 22.2. The quantitative estimate of drug-likeness (QED) is 0.855. The first kappa shape index (κ1) is 18.5. The van der Waals surface area contributed by atoms with Crippen molar-refractivity contribution in [3.8, 4) is 11.8 Å². The van der Waals surface area contributed by atoms with Crippen LogP contribution < -0.4 is 10.1 Å². The summed E-state index contributed by atoms with van der Waals surface area (Å²) in [7, 11) is 0. The summed E-state index contributed by atoms with van der Waals surface area (Å²) < 4.78 is 7.60. The first-order chi connectivity index (χ1) is 13.5. The summed E-state index contributed by atoms with van der Waals surface area (Å²) in [5.74, 6) is 0.830. The van der Waals surface area contributed by atoms with Crippen molar-refractivity contribution in [1.29, 1.82) is 5.26 Å². The van der Waals surface area contributed by atoms with Crippen LogP contribution in [0.5, 0.6) is 5.75 Å². The van der Waals surface area contributed by atoms with Crippen LogP contribution in [0.4, 0.5) is 5.95 Å². The van der Waals surface area contributed by atoms with E-state index in [4.69, 9.17) is 16.3 Å². The van der Waals surface area contributed by atoms with E-state index in [0.29, 0.717) is 58.8 Å². The maximum atomic E-state index is 13.2. The molecule has 1 atom stereocenters. The van der Waals surface area contributed by atoms with E-state index in [1.165, 1.54) is 0 Å². The molecule has 2 aliphatic heterocycles. The summed E-state index contributed by atoms with van der Waals surface area (Å²) in [6, 6.07) is 5.51. The van der Waals surface area contributed by atoms with E-state index in [0.717, 1.165) is 18.4 Å². The molecule has 8 heteroatoms. The normalized spacial score (nSPS) is 18.9. The van der Waals surface area contributed by atoms with Gasteiger partial charge in [-0.3, -0.25) is 15.1 Å². The Hall–Kier alpha value is -2.85. The Morgan fingerprint density at radius 1 is 1.50 bits per heavy atom. The van der Waals surface area contributed by atoms with Gasteiger partial charge in [0.15, 0.2) is 0 Å². The maximum Gasteiger partial charge on any atom is 0.255 e. The lowest BCUT2D eigenvalue weighted by molar-refractivity contribution is -0.113. The molecule has 1 aromatic heterocycles. The van der Waals surface area contributed by atoms with Gasteiger partial charge >= 0.3 is 0 Å². The van der Waals surface area contributed by atoms with Crippen molar-refractivity contribution in [3.63, 3.8) is 0 Å². The number of aliphatic imine (C=N–C) groups is 1.